The summed E-state index contributed by atoms with van der Waals surface area (Å²) in [7, 11) is 1.71. The summed E-state index contributed by atoms with van der Waals surface area (Å²) in [5.41, 5.74) is 6.67. The Balaban J connectivity index is 2.54. The van der Waals surface area contributed by atoms with Gasteiger partial charge in [-0.2, -0.15) is 13.2 Å². The van der Waals surface area contributed by atoms with E-state index in [0.717, 1.165) is 0 Å². The highest BCUT2D eigenvalue weighted by Crippen LogP contribution is 2.18. The lowest BCUT2D eigenvalue weighted by Crippen LogP contribution is -2.27. The van der Waals surface area contributed by atoms with Crippen LogP contribution in [-0.2, 0) is 4.74 Å². The van der Waals surface area contributed by atoms with Gasteiger partial charge in [-0.3, -0.25) is 5.41 Å². The first-order chi connectivity index (χ1) is 8.81. The number of halogens is 3. The summed E-state index contributed by atoms with van der Waals surface area (Å²) in [5.74, 6) is -0.0846. The number of nitrogens with zero attached hydrogens (tertiary/aromatic N) is 1. The van der Waals surface area contributed by atoms with Gasteiger partial charge in [0.1, 0.15) is 12.4 Å². The number of alkyl halides is 3. The number of hydrogen-bond acceptors (Lipinski definition) is 3. The highest BCUT2D eigenvalue weighted by atomic mass is 19.4. The lowest BCUT2D eigenvalue weighted by Gasteiger charge is -2.22. The monoisotopic (exact) mass is 275 g/mol. The number of anilines is 1. The molecule has 19 heavy (non-hydrogen) atoms. The Morgan fingerprint density at radius 1 is 1.37 bits per heavy atom. The SMILES string of the molecule is CN(CCOCC(F)(F)F)c1ccccc1C(=N)N. The van der Waals surface area contributed by atoms with Crippen molar-refractivity contribution in [2.75, 3.05) is 31.7 Å². The zero-order chi connectivity index (χ0) is 14.5. The van der Waals surface area contributed by atoms with Gasteiger partial charge in [-0.05, 0) is 12.1 Å². The van der Waals surface area contributed by atoms with E-state index in [1.165, 1.54) is 0 Å². The van der Waals surface area contributed by atoms with Crippen LogP contribution in [0.3, 0.4) is 0 Å². The van der Waals surface area contributed by atoms with Crippen molar-refractivity contribution >= 4 is 11.5 Å². The first kappa shape index (κ1) is 15.3. The van der Waals surface area contributed by atoms with Crippen molar-refractivity contribution in [1.82, 2.24) is 0 Å². The Bertz CT molecular complexity index is 434. The summed E-state index contributed by atoms with van der Waals surface area (Å²) >= 11 is 0. The van der Waals surface area contributed by atoms with Gasteiger partial charge in [0.25, 0.3) is 0 Å². The first-order valence-electron chi connectivity index (χ1n) is 5.60. The third-order valence-corrected chi connectivity index (χ3v) is 2.44. The van der Waals surface area contributed by atoms with Crippen molar-refractivity contribution in [3.05, 3.63) is 29.8 Å². The van der Waals surface area contributed by atoms with Crippen LogP contribution in [0.5, 0.6) is 0 Å². The van der Waals surface area contributed by atoms with Crippen LogP contribution in [0.2, 0.25) is 0 Å². The molecule has 0 fully saturated rings. The minimum Gasteiger partial charge on any atom is -0.384 e. The Morgan fingerprint density at radius 3 is 2.58 bits per heavy atom. The van der Waals surface area contributed by atoms with Gasteiger partial charge in [0, 0.05) is 24.8 Å². The van der Waals surface area contributed by atoms with Gasteiger partial charge in [-0.1, -0.05) is 12.1 Å². The zero-order valence-corrected chi connectivity index (χ0v) is 10.5. The standard InChI is InChI=1S/C12H16F3N3O/c1-18(6-7-19-8-12(13,14)15)10-5-3-2-4-9(10)11(16)17/h2-5H,6-8H2,1H3,(H3,16,17). The molecule has 0 aliphatic heterocycles. The molecular formula is C12H16F3N3O. The molecule has 1 aromatic carbocycles. The minimum absolute atomic E-state index is 0.0533. The quantitative estimate of drug-likeness (QED) is 0.474. The number of ether oxygens (including phenoxy) is 1. The van der Waals surface area contributed by atoms with Crippen LogP contribution in [0, 0.1) is 5.41 Å². The summed E-state index contributed by atoms with van der Waals surface area (Å²) < 4.78 is 40.2. The molecule has 7 heteroatoms. The summed E-state index contributed by atoms with van der Waals surface area (Å²) in [6, 6.07) is 6.95. The minimum atomic E-state index is -4.31. The predicted octanol–water partition coefficient (Wildman–Crippen LogP) is 1.99. The van der Waals surface area contributed by atoms with Gasteiger partial charge in [0.2, 0.25) is 0 Å². The van der Waals surface area contributed by atoms with Crippen LogP contribution < -0.4 is 10.6 Å². The normalized spacial score (nSPS) is 11.4. The Kier molecular flexibility index (Phi) is 5.17. The lowest BCUT2D eigenvalue weighted by molar-refractivity contribution is -0.173. The molecule has 0 aromatic heterocycles. The molecule has 0 radical (unpaired) electrons. The number of nitrogen functional groups attached to an aromatic ring is 1. The average molecular weight is 275 g/mol. The molecule has 0 aliphatic rings. The van der Waals surface area contributed by atoms with Gasteiger partial charge >= 0.3 is 6.18 Å². The molecule has 0 atom stereocenters. The fourth-order valence-electron chi connectivity index (χ4n) is 1.54. The Hall–Kier alpha value is -1.76. The second kappa shape index (κ2) is 6.42. The van der Waals surface area contributed by atoms with E-state index in [2.05, 4.69) is 4.74 Å². The lowest BCUT2D eigenvalue weighted by atomic mass is 10.1. The number of nitrogens with one attached hydrogen (secondary N) is 1. The summed E-state index contributed by atoms with van der Waals surface area (Å²) in [4.78, 5) is 1.70. The van der Waals surface area contributed by atoms with Gasteiger partial charge in [-0.25, -0.2) is 0 Å². The smallest absolute Gasteiger partial charge is 0.384 e. The largest absolute Gasteiger partial charge is 0.411 e. The maximum atomic E-state index is 11.9. The molecule has 1 rings (SSSR count). The molecule has 0 amide bonds. The van der Waals surface area contributed by atoms with Crippen LogP contribution in [-0.4, -0.2) is 38.8 Å². The zero-order valence-electron chi connectivity index (χ0n) is 10.5. The molecule has 3 N–H and O–H groups in total. The fraction of sp³-hybridized carbons (Fsp3) is 0.417. The van der Waals surface area contributed by atoms with E-state index in [4.69, 9.17) is 11.1 Å². The number of amidine groups is 1. The molecule has 4 nitrogen and oxygen atoms in total. The number of rotatable bonds is 6. The first-order valence-corrected chi connectivity index (χ1v) is 5.60. The molecule has 0 aliphatic carbocycles. The van der Waals surface area contributed by atoms with E-state index in [1.54, 1.807) is 36.2 Å². The van der Waals surface area contributed by atoms with Gasteiger partial charge < -0.3 is 15.4 Å². The molecule has 0 unspecified atom stereocenters. The fourth-order valence-corrected chi connectivity index (χ4v) is 1.54. The van der Waals surface area contributed by atoms with Crippen molar-refractivity contribution in [2.45, 2.75) is 6.18 Å². The van der Waals surface area contributed by atoms with Crippen LogP contribution in [0.25, 0.3) is 0 Å². The molecule has 0 heterocycles. The average Bonchev–Trinajstić information content (AvgIpc) is 2.33. The number of para-hydroxylation sites is 1. The van der Waals surface area contributed by atoms with Crippen LogP contribution in [0.15, 0.2) is 24.3 Å². The number of hydrogen-bond donors (Lipinski definition) is 2. The van der Waals surface area contributed by atoms with Gasteiger partial charge in [0.15, 0.2) is 0 Å². The molecule has 1 aromatic rings. The van der Waals surface area contributed by atoms with Gasteiger partial charge in [0.05, 0.1) is 6.61 Å². The van der Waals surface area contributed by atoms with Crippen molar-refractivity contribution in [1.29, 1.82) is 5.41 Å². The van der Waals surface area contributed by atoms with E-state index in [9.17, 15) is 13.2 Å². The van der Waals surface area contributed by atoms with Crippen LogP contribution in [0.1, 0.15) is 5.56 Å². The van der Waals surface area contributed by atoms with Crippen molar-refractivity contribution in [3.63, 3.8) is 0 Å². The van der Waals surface area contributed by atoms with E-state index < -0.39 is 12.8 Å². The molecule has 0 spiro atoms. The Labute approximate surface area is 109 Å². The number of benzene rings is 1. The third-order valence-electron chi connectivity index (χ3n) is 2.44. The topological polar surface area (TPSA) is 62.3 Å². The summed E-state index contributed by atoms with van der Waals surface area (Å²) in [6.07, 6.45) is -4.31. The molecule has 0 saturated carbocycles. The van der Waals surface area contributed by atoms with E-state index in [0.29, 0.717) is 11.3 Å². The maximum absolute atomic E-state index is 11.9. The summed E-state index contributed by atoms with van der Waals surface area (Å²) in [5, 5.41) is 7.44. The molecular weight excluding hydrogens is 259 g/mol. The highest BCUT2D eigenvalue weighted by molar-refractivity contribution is 6.00. The Morgan fingerprint density at radius 2 is 2.00 bits per heavy atom. The van der Waals surface area contributed by atoms with E-state index >= 15 is 0 Å². The van der Waals surface area contributed by atoms with Crippen LogP contribution >= 0.6 is 0 Å². The maximum Gasteiger partial charge on any atom is 0.411 e. The second-order valence-corrected chi connectivity index (χ2v) is 4.02. The van der Waals surface area contributed by atoms with E-state index in [-0.39, 0.29) is 19.0 Å². The number of nitrogens with two attached hydrogens (primary N) is 1. The van der Waals surface area contributed by atoms with Crippen LogP contribution in [0.4, 0.5) is 18.9 Å². The highest BCUT2D eigenvalue weighted by Gasteiger charge is 2.27. The van der Waals surface area contributed by atoms with Crippen molar-refractivity contribution in [3.8, 4) is 0 Å². The molecule has 0 bridgehead atoms. The summed E-state index contributed by atoms with van der Waals surface area (Å²) in [6.45, 7) is -1.03. The van der Waals surface area contributed by atoms with Gasteiger partial charge in [-0.15, -0.1) is 0 Å². The third kappa shape index (κ3) is 5.17. The number of likely N-dealkylation sites (N-methyl/N-ethyl adjacent to an activating group) is 1. The predicted molar refractivity (Wildman–Crippen MR) is 67.6 cm³/mol. The van der Waals surface area contributed by atoms with Crippen molar-refractivity contribution < 1.29 is 17.9 Å². The van der Waals surface area contributed by atoms with E-state index in [1.807, 2.05) is 0 Å². The van der Waals surface area contributed by atoms with Crippen molar-refractivity contribution in [2.24, 2.45) is 5.73 Å². The molecule has 106 valence electrons. The molecule has 0 saturated heterocycles. The second-order valence-electron chi connectivity index (χ2n) is 4.02.